The molecular weight excluding hydrogens is 300 g/mol. The monoisotopic (exact) mass is 322 g/mol. The number of aryl methyl sites for hydroxylation is 2. The topological polar surface area (TPSA) is 65.7 Å². The maximum Gasteiger partial charge on any atom is 0.248 e. The normalized spacial score (nSPS) is 11.9. The lowest BCUT2D eigenvalue weighted by Gasteiger charge is -2.23. The van der Waals surface area contributed by atoms with Gasteiger partial charge in [0.25, 0.3) is 0 Å². The number of hydrogen-bond donors (Lipinski definition) is 2. The van der Waals surface area contributed by atoms with Gasteiger partial charge in [0.1, 0.15) is 5.52 Å². The molecule has 4 nitrogen and oxygen atoms in total. The molecule has 2 N–H and O–H groups in total. The molecule has 0 aliphatic carbocycles. The van der Waals surface area contributed by atoms with Crippen LogP contribution < -0.4 is 11.0 Å². The number of aromatic amines is 2. The average molecular weight is 322 g/mol. The highest BCUT2D eigenvalue weighted by molar-refractivity contribution is 5.78. The molecule has 0 unspecified atom stereocenters. The number of benzene rings is 1. The first-order valence-electron chi connectivity index (χ1n) is 8.05. The van der Waals surface area contributed by atoms with E-state index in [1.807, 2.05) is 0 Å². The first-order chi connectivity index (χ1) is 11.2. The van der Waals surface area contributed by atoms with Crippen LogP contribution in [0.2, 0.25) is 0 Å². The predicted molar refractivity (Wildman–Crippen MR) is 98.8 cm³/mol. The van der Waals surface area contributed by atoms with Crippen LogP contribution in [-0.4, -0.2) is 9.97 Å². The Morgan fingerprint density at radius 1 is 0.875 bits per heavy atom. The van der Waals surface area contributed by atoms with Crippen LogP contribution >= 0.6 is 0 Å². The number of hydrogen-bond acceptors (Lipinski definition) is 2. The molecule has 0 saturated carbocycles. The molecule has 1 aromatic carbocycles. The van der Waals surface area contributed by atoms with E-state index in [9.17, 15) is 9.59 Å². The average Bonchev–Trinajstić information content (AvgIpc) is 2.48. The fourth-order valence-electron chi connectivity index (χ4n) is 3.22. The predicted octanol–water partition coefficient (Wildman–Crippen LogP) is 3.80. The minimum atomic E-state index is -0.276. The second kappa shape index (κ2) is 5.48. The Kier molecular flexibility index (Phi) is 3.71. The maximum absolute atomic E-state index is 12.4. The van der Waals surface area contributed by atoms with E-state index in [1.165, 1.54) is 17.2 Å². The van der Waals surface area contributed by atoms with Gasteiger partial charge in [-0.1, -0.05) is 26.8 Å². The summed E-state index contributed by atoms with van der Waals surface area (Å²) in [6.07, 6.45) is 0. The zero-order valence-corrected chi connectivity index (χ0v) is 14.7. The molecule has 0 radical (unpaired) electrons. The van der Waals surface area contributed by atoms with Crippen LogP contribution in [0.4, 0.5) is 0 Å². The van der Waals surface area contributed by atoms with E-state index in [0.717, 1.165) is 16.8 Å². The van der Waals surface area contributed by atoms with E-state index in [4.69, 9.17) is 0 Å². The van der Waals surface area contributed by atoms with Gasteiger partial charge < -0.3 is 9.97 Å². The first kappa shape index (κ1) is 16.2. The summed E-state index contributed by atoms with van der Waals surface area (Å²) in [6.45, 7) is 10.7. The van der Waals surface area contributed by atoms with Gasteiger partial charge in [0.05, 0.1) is 11.2 Å². The smallest absolute Gasteiger partial charge is 0.248 e. The molecule has 0 bridgehead atoms. The highest BCUT2D eigenvalue weighted by Gasteiger charge is 2.18. The minimum absolute atomic E-state index is 0.0731. The molecule has 24 heavy (non-hydrogen) atoms. The Hall–Kier alpha value is -2.62. The molecule has 2 aromatic heterocycles. The molecule has 3 aromatic rings. The lowest BCUT2D eigenvalue weighted by Crippen LogP contribution is -2.14. The Labute approximate surface area is 140 Å². The van der Waals surface area contributed by atoms with Crippen molar-refractivity contribution in [3.05, 3.63) is 67.6 Å². The van der Waals surface area contributed by atoms with Gasteiger partial charge in [-0.15, -0.1) is 0 Å². The summed E-state index contributed by atoms with van der Waals surface area (Å²) in [5.74, 6) is 0. The Morgan fingerprint density at radius 2 is 1.58 bits per heavy atom. The lowest BCUT2D eigenvalue weighted by molar-refractivity contribution is 0.585. The number of fused-ring (bicyclic) bond motifs is 1. The highest BCUT2D eigenvalue weighted by Crippen LogP contribution is 2.31. The molecule has 0 aliphatic heterocycles. The van der Waals surface area contributed by atoms with E-state index in [2.05, 4.69) is 56.7 Å². The Bertz CT molecular complexity index is 1050. The number of rotatable bonds is 1. The van der Waals surface area contributed by atoms with Gasteiger partial charge in [0.15, 0.2) is 0 Å². The molecule has 4 heteroatoms. The molecule has 0 saturated heterocycles. The second-order valence-corrected chi connectivity index (χ2v) is 7.39. The van der Waals surface area contributed by atoms with Gasteiger partial charge in [-0.05, 0) is 48.1 Å². The minimum Gasteiger partial charge on any atom is -0.353 e. The second-order valence-electron chi connectivity index (χ2n) is 7.39. The Morgan fingerprint density at radius 3 is 2.25 bits per heavy atom. The van der Waals surface area contributed by atoms with Gasteiger partial charge in [-0.3, -0.25) is 9.59 Å². The zero-order chi connectivity index (χ0) is 17.6. The van der Waals surface area contributed by atoms with E-state index < -0.39 is 0 Å². The summed E-state index contributed by atoms with van der Waals surface area (Å²) in [5, 5.41) is 0. The number of nitrogens with one attached hydrogen (secondary N) is 2. The van der Waals surface area contributed by atoms with Crippen molar-refractivity contribution in [3.8, 4) is 11.3 Å². The van der Waals surface area contributed by atoms with Crippen molar-refractivity contribution < 1.29 is 0 Å². The van der Waals surface area contributed by atoms with Crippen molar-refractivity contribution in [2.75, 3.05) is 0 Å². The standard InChI is InChI=1S/C20H22N2O2/c1-11-9-14(20(3,4)5)12(2)8-13(11)16-10-17(23)19-15(21-16)6-7-18(24)22-19/h6-10H,1-5H3,(H,21,23)(H,22,24). The fourth-order valence-corrected chi connectivity index (χ4v) is 3.22. The third-order valence-corrected chi connectivity index (χ3v) is 4.38. The van der Waals surface area contributed by atoms with Crippen molar-refractivity contribution in [1.29, 1.82) is 0 Å². The van der Waals surface area contributed by atoms with Crippen molar-refractivity contribution in [2.24, 2.45) is 0 Å². The SMILES string of the molecule is Cc1cc(C(C)(C)C)c(C)cc1-c1cc(=O)c2[nH]c(=O)ccc2[nH]1. The summed E-state index contributed by atoms with van der Waals surface area (Å²) in [7, 11) is 0. The van der Waals surface area contributed by atoms with Crippen LogP contribution in [0, 0.1) is 13.8 Å². The van der Waals surface area contributed by atoms with Crippen molar-refractivity contribution in [2.45, 2.75) is 40.0 Å². The van der Waals surface area contributed by atoms with E-state index in [0.29, 0.717) is 11.0 Å². The summed E-state index contributed by atoms with van der Waals surface area (Å²) in [4.78, 5) is 29.6. The third-order valence-electron chi connectivity index (χ3n) is 4.38. The van der Waals surface area contributed by atoms with Crippen molar-refractivity contribution in [1.82, 2.24) is 9.97 Å². The number of H-pyrrole nitrogens is 2. The quantitative estimate of drug-likeness (QED) is 0.715. The van der Waals surface area contributed by atoms with Gasteiger partial charge in [0, 0.05) is 17.7 Å². The van der Waals surface area contributed by atoms with Gasteiger partial charge in [0.2, 0.25) is 11.0 Å². The van der Waals surface area contributed by atoms with E-state index in [-0.39, 0.29) is 16.4 Å². The molecule has 0 spiro atoms. The van der Waals surface area contributed by atoms with Gasteiger partial charge in [-0.25, -0.2) is 0 Å². The van der Waals surface area contributed by atoms with Gasteiger partial charge in [-0.2, -0.15) is 0 Å². The molecule has 3 rings (SSSR count). The fraction of sp³-hybridized carbons (Fsp3) is 0.300. The van der Waals surface area contributed by atoms with Crippen LogP contribution in [-0.2, 0) is 5.41 Å². The van der Waals surface area contributed by atoms with E-state index >= 15 is 0 Å². The number of pyridine rings is 2. The third kappa shape index (κ3) is 2.80. The molecule has 2 heterocycles. The van der Waals surface area contributed by atoms with Crippen molar-refractivity contribution in [3.63, 3.8) is 0 Å². The summed E-state index contributed by atoms with van der Waals surface area (Å²) < 4.78 is 0. The molecule has 0 fully saturated rings. The summed E-state index contributed by atoms with van der Waals surface area (Å²) in [5.41, 5.74) is 5.94. The molecule has 0 amide bonds. The first-order valence-corrected chi connectivity index (χ1v) is 8.05. The summed E-state index contributed by atoms with van der Waals surface area (Å²) >= 11 is 0. The Balaban J connectivity index is 2.25. The molecule has 0 atom stereocenters. The molecular formula is C20H22N2O2. The maximum atomic E-state index is 12.4. The highest BCUT2D eigenvalue weighted by atomic mass is 16.1. The van der Waals surface area contributed by atoms with Crippen LogP contribution in [0.3, 0.4) is 0 Å². The van der Waals surface area contributed by atoms with E-state index in [1.54, 1.807) is 12.1 Å². The number of aromatic nitrogens is 2. The lowest BCUT2D eigenvalue weighted by atomic mass is 9.82. The molecule has 124 valence electrons. The molecule has 0 aliphatic rings. The van der Waals surface area contributed by atoms with Crippen LogP contribution in [0.15, 0.2) is 39.9 Å². The van der Waals surface area contributed by atoms with Crippen LogP contribution in [0.5, 0.6) is 0 Å². The van der Waals surface area contributed by atoms with Crippen LogP contribution in [0.25, 0.3) is 22.3 Å². The largest absolute Gasteiger partial charge is 0.353 e. The zero-order valence-electron chi connectivity index (χ0n) is 14.7. The van der Waals surface area contributed by atoms with Crippen molar-refractivity contribution >= 4 is 11.0 Å². The van der Waals surface area contributed by atoms with Crippen LogP contribution in [0.1, 0.15) is 37.5 Å². The summed E-state index contributed by atoms with van der Waals surface area (Å²) in [6, 6.07) is 8.93. The van der Waals surface area contributed by atoms with Gasteiger partial charge >= 0.3 is 0 Å².